The highest BCUT2D eigenvalue weighted by Crippen LogP contribution is 2.31. The molecular formula is C12H14BrN3O. The molecule has 0 amide bonds. The maximum Gasteiger partial charge on any atom is 0.201 e. The number of nitrogens with zero attached hydrogens (tertiary/aromatic N) is 2. The molecular weight excluding hydrogens is 282 g/mol. The number of nitrogens with two attached hydrogens (primary N) is 1. The molecule has 0 saturated heterocycles. The fourth-order valence-electron chi connectivity index (χ4n) is 1.70. The molecule has 0 radical (unpaired) electrons. The number of ether oxygens (including phenoxy) is 1. The van der Waals surface area contributed by atoms with Crippen molar-refractivity contribution in [2.75, 3.05) is 12.8 Å². The molecule has 1 aromatic heterocycles. The third-order valence-corrected chi connectivity index (χ3v) is 3.64. The number of rotatable bonds is 2. The number of aromatic nitrogens is 2. The molecule has 0 unspecified atom stereocenters. The van der Waals surface area contributed by atoms with Crippen molar-refractivity contribution < 1.29 is 4.74 Å². The summed E-state index contributed by atoms with van der Waals surface area (Å²) in [5.41, 5.74) is 8.70. The SMILES string of the molecule is COc1ccc(-c2nc(N)n(C)c2Br)cc1C. The van der Waals surface area contributed by atoms with Crippen LogP contribution < -0.4 is 10.5 Å². The number of hydrogen-bond acceptors (Lipinski definition) is 3. The van der Waals surface area contributed by atoms with Crippen LogP contribution in [0.4, 0.5) is 5.95 Å². The second-order valence-electron chi connectivity index (χ2n) is 3.85. The summed E-state index contributed by atoms with van der Waals surface area (Å²) < 4.78 is 7.91. The Bertz CT molecular complexity index is 563. The van der Waals surface area contributed by atoms with Gasteiger partial charge in [0.05, 0.1) is 7.11 Å². The molecule has 0 spiro atoms. The van der Waals surface area contributed by atoms with E-state index in [2.05, 4.69) is 20.9 Å². The van der Waals surface area contributed by atoms with Gasteiger partial charge in [0.2, 0.25) is 5.95 Å². The van der Waals surface area contributed by atoms with Crippen LogP contribution in [-0.4, -0.2) is 16.7 Å². The van der Waals surface area contributed by atoms with Gasteiger partial charge < -0.3 is 15.0 Å². The molecule has 0 bridgehead atoms. The number of nitrogen functional groups attached to an aromatic ring is 1. The van der Waals surface area contributed by atoms with Crippen molar-refractivity contribution in [3.63, 3.8) is 0 Å². The van der Waals surface area contributed by atoms with Crippen molar-refractivity contribution in [1.29, 1.82) is 0 Å². The van der Waals surface area contributed by atoms with Crippen LogP contribution in [0.3, 0.4) is 0 Å². The van der Waals surface area contributed by atoms with Crippen molar-refractivity contribution in [2.24, 2.45) is 7.05 Å². The third-order valence-electron chi connectivity index (χ3n) is 2.73. The lowest BCUT2D eigenvalue weighted by Gasteiger charge is -2.06. The van der Waals surface area contributed by atoms with Crippen molar-refractivity contribution in [1.82, 2.24) is 9.55 Å². The fourth-order valence-corrected chi connectivity index (χ4v) is 2.20. The first-order valence-electron chi connectivity index (χ1n) is 5.17. The smallest absolute Gasteiger partial charge is 0.201 e. The average Bonchev–Trinajstić information content (AvgIpc) is 2.57. The lowest BCUT2D eigenvalue weighted by Crippen LogP contribution is -1.96. The Labute approximate surface area is 109 Å². The normalized spacial score (nSPS) is 10.6. The molecule has 0 aliphatic heterocycles. The largest absolute Gasteiger partial charge is 0.496 e. The predicted molar refractivity (Wildman–Crippen MR) is 72.0 cm³/mol. The van der Waals surface area contributed by atoms with Gasteiger partial charge in [-0.25, -0.2) is 4.98 Å². The highest BCUT2D eigenvalue weighted by molar-refractivity contribution is 9.10. The zero-order valence-corrected chi connectivity index (χ0v) is 11.6. The van der Waals surface area contributed by atoms with Gasteiger partial charge in [0, 0.05) is 12.6 Å². The monoisotopic (exact) mass is 295 g/mol. The van der Waals surface area contributed by atoms with Crippen LogP contribution in [0.2, 0.25) is 0 Å². The van der Waals surface area contributed by atoms with Gasteiger partial charge in [0.25, 0.3) is 0 Å². The van der Waals surface area contributed by atoms with Crippen LogP contribution in [0, 0.1) is 6.92 Å². The Morgan fingerprint density at radius 3 is 2.59 bits per heavy atom. The molecule has 1 heterocycles. The van der Waals surface area contributed by atoms with E-state index in [9.17, 15) is 0 Å². The number of halogens is 1. The van der Waals surface area contributed by atoms with Crippen LogP contribution >= 0.6 is 15.9 Å². The first-order chi connectivity index (χ1) is 8.04. The van der Waals surface area contributed by atoms with Gasteiger partial charge in [-0.2, -0.15) is 0 Å². The Hall–Kier alpha value is -1.49. The van der Waals surface area contributed by atoms with Gasteiger partial charge in [-0.15, -0.1) is 0 Å². The Morgan fingerprint density at radius 1 is 1.41 bits per heavy atom. The molecule has 2 rings (SSSR count). The molecule has 0 aliphatic carbocycles. The molecule has 4 nitrogen and oxygen atoms in total. The van der Waals surface area contributed by atoms with Gasteiger partial charge in [-0.05, 0) is 46.6 Å². The highest BCUT2D eigenvalue weighted by atomic mass is 79.9. The van der Waals surface area contributed by atoms with Crippen LogP contribution in [-0.2, 0) is 7.05 Å². The third kappa shape index (κ3) is 2.02. The molecule has 2 aromatic rings. The van der Waals surface area contributed by atoms with E-state index >= 15 is 0 Å². The van der Waals surface area contributed by atoms with Crippen molar-refractivity contribution >= 4 is 21.9 Å². The minimum atomic E-state index is 0.486. The van der Waals surface area contributed by atoms with E-state index in [1.54, 1.807) is 11.7 Å². The van der Waals surface area contributed by atoms with E-state index in [4.69, 9.17) is 10.5 Å². The number of aryl methyl sites for hydroxylation is 1. The van der Waals surface area contributed by atoms with E-state index < -0.39 is 0 Å². The number of benzene rings is 1. The maximum absolute atomic E-state index is 5.77. The fraction of sp³-hybridized carbons (Fsp3) is 0.250. The highest BCUT2D eigenvalue weighted by Gasteiger charge is 2.13. The van der Waals surface area contributed by atoms with Crippen LogP contribution in [0.5, 0.6) is 5.75 Å². The van der Waals surface area contributed by atoms with Gasteiger partial charge >= 0.3 is 0 Å². The lowest BCUT2D eigenvalue weighted by atomic mass is 10.1. The Balaban J connectivity index is 2.53. The predicted octanol–water partition coefficient (Wildman–Crippen LogP) is 2.75. The maximum atomic E-state index is 5.77. The van der Waals surface area contributed by atoms with E-state index in [1.807, 2.05) is 32.2 Å². The first-order valence-corrected chi connectivity index (χ1v) is 5.96. The van der Waals surface area contributed by atoms with Gasteiger partial charge in [0.15, 0.2) is 0 Å². The summed E-state index contributed by atoms with van der Waals surface area (Å²) in [6.45, 7) is 2.00. The minimum Gasteiger partial charge on any atom is -0.496 e. The second kappa shape index (κ2) is 4.41. The van der Waals surface area contributed by atoms with E-state index in [-0.39, 0.29) is 0 Å². The molecule has 5 heteroatoms. The molecule has 0 aliphatic rings. The van der Waals surface area contributed by atoms with Gasteiger partial charge in [-0.1, -0.05) is 0 Å². The van der Waals surface area contributed by atoms with E-state index in [0.29, 0.717) is 5.95 Å². The molecule has 0 atom stereocenters. The Morgan fingerprint density at radius 2 is 2.12 bits per heavy atom. The molecule has 90 valence electrons. The molecule has 17 heavy (non-hydrogen) atoms. The number of anilines is 1. The summed E-state index contributed by atoms with van der Waals surface area (Å²) in [5.74, 6) is 1.36. The summed E-state index contributed by atoms with van der Waals surface area (Å²) in [7, 11) is 3.53. The van der Waals surface area contributed by atoms with Crippen molar-refractivity contribution in [3.05, 3.63) is 28.4 Å². The van der Waals surface area contributed by atoms with Gasteiger partial charge in [0.1, 0.15) is 16.0 Å². The quantitative estimate of drug-likeness (QED) is 0.927. The zero-order valence-electron chi connectivity index (χ0n) is 9.99. The van der Waals surface area contributed by atoms with Crippen molar-refractivity contribution in [2.45, 2.75) is 6.92 Å². The summed E-state index contributed by atoms with van der Waals surface area (Å²) >= 11 is 3.49. The molecule has 0 fully saturated rings. The first kappa shape index (κ1) is 12.0. The van der Waals surface area contributed by atoms with Crippen LogP contribution in [0.1, 0.15) is 5.56 Å². The summed E-state index contributed by atoms with van der Waals surface area (Å²) in [6.07, 6.45) is 0. The molecule has 1 aromatic carbocycles. The van der Waals surface area contributed by atoms with Crippen LogP contribution in [0.25, 0.3) is 11.3 Å². The lowest BCUT2D eigenvalue weighted by molar-refractivity contribution is 0.412. The summed E-state index contributed by atoms with van der Waals surface area (Å²) in [6, 6.07) is 5.94. The van der Waals surface area contributed by atoms with Crippen molar-refractivity contribution in [3.8, 4) is 17.0 Å². The number of methoxy groups -OCH3 is 1. The zero-order chi connectivity index (χ0) is 12.6. The number of hydrogen-bond donors (Lipinski definition) is 1. The average molecular weight is 296 g/mol. The topological polar surface area (TPSA) is 53.1 Å². The summed E-state index contributed by atoms with van der Waals surface area (Å²) in [5, 5.41) is 0. The summed E-state index contributed by atoms with van der Waals surface area (Å²) in [4.78, 5) is 4.33. The molecule has 2 N–H and O–H groups in total. The molecule has 0 saturated carbocycles. The minimum absolute atomic E-state index is 0.486. The second-order valence-corrected chi connectivity index (χ2v) is 4.60. The van der Waals surface area contributed by atoms with Gasteiger partial charge in [-0.3, -0.25) is 0 Å². The number of imidazole rings is 1. The standard InChI is InChI=1S/C12H14BrN3O/c1-7-6-8(4-5-9(7)17-3)10-11(13)16(2)12(14)15-10/h4-6H,1-3H3,(H2,14,15). The van der Waals surface area contributed by atoms with E-state index in [0.717, 1.165) is 27.2 Å². The Kier molecular flexibility index (Phi) is 3.11. The van der Waals surface area contributed by atoms with Crippen LogP contribution in [0.15, 0.2) is 22.8 Å². The van der Waals surface area contributed by atoms with E-state index in [1.165, 1.54) is 0 Å².